The van der Waals surface area contributed by atoms with Crippen molar-refractivity contribution in [3.8, 4) is 34.1 Å². The average Bonchev–Trinajstić information content (AvgIpc) is 3.42. The number of benzene rings is 3. The smallest absolute Gasteiger partial charge is 0.224 e. The number of phenolic OH excluding ortho intramolecular Hbond substituents is 1. The molecule has 0 fully saturated rings. The minimum atomic E-state index is -0.331. The summed E-state index contributed by atoms with van der Waals surface area (Å²) in [6.45, 7) is 0.276. The van der Waals surface area contributed by atoms with E-state index in [0.29, 0.717) is 40.2 Å². The number of hydrogen-bond donors (Lipinski definition) is 3. The number of nitrogens with zero attached hydrogens (tertiary/aromatic N) is 4. The molecule has 9 nitrogen and oxygen atoms in total. The van der Waals surface area contributed by atoms with Crippen LogP contribution in [0.4, 0.5) is 5.82 Å². The topological polar surface area (TPSA) is 136 Å². The SMILES string of the molecule is Nc1ncccc1-c1nc2ccc(-c3ccccc3)nc2n1-c1ccc(CNC(=O)Cc2ccc(C=O)c(O)c2Cl)cc1. The average molecular weight is 589 g/mol. The highest BCUT2D eigenvalue weighted by molar-refractivity contribution is 6.33. The van der Waals surface area contributed by atoms with Gasteiger partial charge in [0.05, 0.1) is 28.3 Å². The number of aromatic nitrogens is 4. The second kappa shape index (κ2) is 11.8. The van der Waals surface area contributed by atoms with Gasteiger partial charge in [0.1, 0.15) is 17.1 Å². The molecule has 0 saturated carbocycles. The number of carbonyl (C=O) groups excluding carboxylic acids is 2. The second-order valence-electron chi connectivity index (χ2n) is 9.83. The van der Waals surface area contributed by atoms with Gasteiger partial charge in [-0.1, -0.05) is 60.1 Å². The van der Waals surface area contributed by atoms with Crippen molar-refractivity contribution in [2.75, 3.05) is 5.73 Å². The van der Waals surface area contributed by atoms with Gasteiger partial charge in [-0.05, 0) is 53.6 Å². The Morgan fingerprint density at radius 3 is 2.49 bits per heavy atom. The summed E-state index contributed by atoms with van der Waals surface area (Å²) in [5.74, 6) is 0.357. The Kier molecular flexibility index (Phi) is 7.55. The van der Waals surface area contributed by atoms with E-state index in [2.05, 4.69) is 10.3 Å². The number of rotatable bonds is 8. The van der Waals surface area contributed by atoms with Gasteiger partial charge in [-0.15, -0.1) is 0 Å². The van der Waals surface area contributed by atoms with Gasteiger partial charge in [-0.25, -0.2) is 15.0 Å². The summed E-state index contributed by atoms with van der Waals surface area (Å²) in [7, 11) is 0. The fourth-order valence-corrected chi connectivity index (χ4v) is 5.05. The Labute approximate surface area is 251 Å². The van der Waals surface area contributed by atoms with Crippen molar-refractivity contribution in [3.63, 3.8) is 0 Å². The first kappa shape index (κ1) is 27.6. The summed E-state index contributed by atoms with van der Waals surface area (Å²) >= 11 is 6.14. The van der Waals surface area contributed by atoms with Crippen LogP contribution in [0.2, 0.25) is 5.02 Å². The fraction of sp³-hybridized carbons (Fsp3) is 0.0606. The maximum Gasteiger partial charge on any atom is 0.224 e. The minimum Gasteiger partial charge on any atom is -0.506 e. The first-order valence-corrected chi connectivity index (χ1v) is 13.8. The Morgan fingerprint density at radius 2 is 1.74 bits per heavy atom. The predicted octanol–water partition coefficient (Wildman–Crippen LogP) is 5.76. The lowest BCUT2D eigenvalue weighted by Crippen LogP contribution is -2.24. The van der Waals surface area contributed by atoms with Crippen molar-refractivity contribution in [2.24, 2.45) is 0 Å². The standard InChI is InChI=1S/C33H25ClN6O3/c34-29-22(10-11-23(19-41)30(29)43)17-28(42)37-18-20-8-12-24(13-9-20)40-32(25-7-4-16-36-31(25)35)39-27-15-14-26(38-33(27)40)21-5-2-1-3-6-21/h1-16,19,43H,17-18H2,(H2,35,36)(H,37,42). The van der Waals surface area contributed by atoms with Gasteiger partial charge >= 0.3 is 0 Å². The number of halogens is 1. The van der Waals surface area contributed by atoms with E-state index in [1.54, 1.807) is 12.3 Å². The minimum absolute atomic E-state index is 0.00856. The van der Waals surface area contributed by atoms with Crippen molar-refractivity contribution in [1.29, 1.82) is 0 Å². The number of nitrogens with one attached hydrogen (secondary N) is 1. The van der Waals surface area contributed by atoms with E-state index in [1.165, 1.54) is 6.07 Å². The molecule has 0 aliphatic heterocycles. The third-order valence-corrected chi connectivity index (χ3v) is 7.46. The van der Waals surface area contributed by atoms with Crippen molar-refractivity contribution >= 4 is 40.8 Å². The van der Waals surface area contributed by atoms with Crippen LogP contribution in [-0.4, -0.2) is 36.8 Å². The molecule has 43 heavy (non-hydrogen) atoms. The molecule has 212 valence electrons. The maximum atomic E-state index is 12.6. The molecule has 0 radical (unpaired) electrons. The van der Waals surface area contributed by atoms with Crippen molar-refractivity contribution in [1.82, 2.24) is 24.8 Å². The largest absolute Gasteiger partial charge is 0.506 e. The lowest BCUT2D eigenvalue weighted by atomic mass is 10.1. The Bertz CT molecular complexity index is 1970. The predicted molar refractivity (Wildman–Crippen MR) is 166 cm³/mol. The number of imidazole rings is 1. The summed E-state index contributed by atoms with van der Waals surface area (Å²) in [4.78, 5) is 37.7. The van der Waals surface area contributed by atoms with Crippen LogP contribution in [0.25, 0.3) is 39.5 Å². The van der Waals surface area contributed by atoms with Crippen LogP contribution >= 0.6 is 11.6 Å². The highest BCUT2D eigenvalue weighted by Gasteiger charge is 2.19. The van der Waals surface area contributed by atoms with E-state index in [0.717, 1.165) is 22.5 Å². The fourth-order valence-electron chi connectivity index (χ4n) is 4.81. The number of fused-ring (bicyclic) bond motifs is 1. The summed E-state index contributed by atoms with van der Waals surface area (Å²) in [5.41, 5.74) is 12.3. The van der Waals surface area contributed by atoms with Crippen LogP contribution in [0.3, 0.4) is 0 Å². The summed E-state index contributed by atoms with van der Waals surface area (Å²) in [6, 6.07) is 28.2. The van der Waals surface area contributed by atoms with Crippen molar-refractivity contribution < 1.29 is 14.7 Å². The zero-order chi connectivity index (χ0) is 29.9. The summed E-state index contributed by atoms with van der Waals surface area (Å²) < 4.78 is 1.95. The first-order valence-electron chi connectivity index (χ1n) is 13.4. The normalized spacial score (nSPS) is 11.0. The van der Waals surface area contributed by atoms with Gasteiger partial charge in [-0.3, -0.25) is 14.2 Å². The van der Waals surface area contributed by atoms with E-state index < -0.39 is 0 Å². The molecule has 1 amide bonds. The molecule has 0 spiro atoms. The number of nitrogen functional groups attached to an aromatic ring is 1. The number of carbonyl (C=O) groups is 2. The highest BCUT2D eigenvalue weighted by atomic mass is 35.5. The molecule has 4 N–H and O–H groups in total. The molecular weight excluding hydrogens is 564 g/mol. The number of nitrogens with two attached hydrogens (primary N) is 1. The van der Waals surface area contributed by atoms with E-state index >= 15 is 0 Å². The van der Waals surface area contributed by atoms with Crippen LogP contribution in [0.15, 0.2) is 97.2 Å². The number of amides is 1. The van der Waals surface area contributed by atoms with Gasteiger partial charge in [0.15, 0.2) is 17.8 Å². The van der Waals surface area contributed by atoms with E-state index in [9.17, 15) is 14.7 Å². The number of hydrogen-bond acceptors (Lipinski definition) is 7. The molecule has 0 unspecified atom stereocenters. The molecule has 0 aliphatic carbocycles. The number of aldehydes is 1. The van der Waals surface area contributed by atoms with Gasteiger partial charge in [-0.2, -0.15) is 0 Å². The molecule has 6 aromatic rings. The molecule has 3 aromatic carbocycles. The van der Waals surface area contributed by atoms with Crippen LogP contribution in [-0.2, 0) is 17.8 Å². The number of aromatic hydroxyl groups is 1. The second-order valence-corrected chi connectivity index (χ2v) is 10.2. The Balaban J connectivity index is 1.29. The van der Waals surface area contributed by atoms with Crippen molar-refractivity contribution in [3.05, 3.63) is 119 Å². The highest BCUT2D eigenvalue weighted by Crippen LogP contribution is 2.32. The monoisotopic (exact) mass is 588 g/mol. The summed E-state index contributed by atoms with van der Waals surface area (Å²) in [5, 5.41) is 12.9. The quantitative estimate of drug-likeness (QED) is 0.192. The Hall–Kier alpha value is -5.54. The lowest BCUT2D eigenvalue weighted by molar-refractivity contribution is -0.120. The van der Waals surface area contributed by atoms with Crippen LogP contribution < -0.4 is 11.1 Å². The number of pyridine rings is 2. The van der Waals surface area contributed by atoms with Crippen LogP contribution in [0.1, 0.15) is 21.5 Å². The molecule has 6 rings (SSSR count). The molecule has 10 heteroatoms. The van der Waals surface area contributed by atoms with E-state index in [4.69, 9.17) is 27.3 Å². The molecule has 0 aliphatic rings. The Morgan fingerprint density at radius 1 is 0.953 bits per heavy atom. The first-order chi connectivity index (χ1) is 20.9. The van der Waals surface area contributed by atoms with Gasteiger partial charge in [0.2, 0.25) is 5.91 Å². The van der Waals surface area contributed by atoms with Gasteiger partial charge in [0.25, 0.3) is 0 Å². The van der Waals surface area contributed by atoms with E-state index in [-0.39, 0.29) is 35.2 Å². The molecular formula is C33H25ClN6O3. The third-order valence-electron chi connectivity index (χ3n) is 7.04. The molecule has 3 aromatic heterocycles. The maximum absolute atomic E-state index is 12.6. The zero-order valence-corrected chi connectivity index (χ0v) is 23.5. The van der Waals surface area contributed by atoms with E-state index in [1.807, 2.05) is 83.4 Å². The summed E-state index contributed by atoms with van der Waals surface area (Å²) in [6.07, 6.45) is 2.10. The van der Waals surface area contributed by atoms with Crippen LogP contribution in [0, 0.1) is 0 Å². The number of phenols is 1. The number of anilines is 1. The van der Waals surface area contributed by atoms with Gasteiger partial charge < -0.3 is 16.2 Å². The zero-order valence-electron chi connectivity index (χ0n) is 22.7. The van der Waals surface area contributed by atoms with Crippen LogP contribution in [0.5, 0.6) is 5.75 Å². The third kappa shape index (κ3) is 5.53. The molecule has 0 saturated heterocycles. The molecule has 0 atom stereocenters. The molecule has 0 bridgehead atoms. The molecule has 3 heterocycles. The van der Waals surface area contributed by atoms with Gasteiger partial charge in [0, 0.05) is 24.0 Å². The lowest BCUT2D eigenvalue weighted by Gasteiger charge is -2.12. The van der Waals surface area contributed by atoms with Crippen molar-refractivity contribution in [2.45, 2.75) is 13.0 Å².